The second kappa shape index (κ2) is 7.81. The minimum atomic E-state index is -1.06. The van der Waals surface area contributed by atoms with Gasteiger partial charge in [0.2, 0.25) is 0 Å². The van der Waals surface area contributed by atoms with Crippen LogP contribution in [0.1, 0.15) is 60.2 Å². The molecule has 0 saturated heterocycles. The molecule has 1 amide bonds. The highest BCUT2D eigenvalue weighted by atomic mass is 32.1. The number of hydrogen-bond acceptors (Lipinski definition) is 4. The summed E-state index contributed by atoms with van der Waals surface area (Å²) in [5, 5.41) is 12.8. The van der Waals surface area contributed by atoms with Crippen molar-refractivity contribution >= 4 is 17.2 Å². The summed E-state index contributed by atoms with van der Waals surface area (Å²) in [6, 6.07) is 7.15. The number of carbonyl (C=O) groups excluding carboxylic acids is 1. The highest BCUT2D eigenvalue weighted by Gasteiger charge is 2.15. The van der Waals surface area contributed by atoms with Gasteiger partial charge in [-0.1, -0.05) is 31.8 Å². The average Bonchev–Trinajstić information content (AvgIpc) is 3.00. The number of rotatable bonds is 4. The Kier molecular flexibility index (Phi) is 5.99. The quantitative estimate of drug-likeness (QED) is 0.851. The summed E-state index contributed by atoms with van der Waals surface area (Å²) < 4.78 is 0. The van der Waals surface area contributed by atoms with Crippen molar-refractivity contribution in [2.24, 2.45) is 0 Å². The first kappa shape index (κ1) is 19.2. The third kappa shape index (κ3) is 5.70. The highest BCUT2D eigenvalue weighted by Crippen LogP contribution is 2.20. The summed E-state index contributed by atoms with van der Waals surface area (Å²) in [6.45, 7) is 7.95. The van der Waals surface area contributed by atoms with Crippen molar-refractivity contribution in [2.45, 2.75) is 45.8 Å². The normalized spacial score (nSPS) is 11.2. The Labute approximate surface area is 153 Å². The Morgan fingerprint density at radius 1 is 1.40 bits per heavy atom. The Morgan fingerprint density at radius 2 is 2.12 bits per heavy atom. The van der Waals surface area contributed by atoms with Gasteiger partial charge in [-0.25, -0.2) is 4.98 Å². The summed E-state index contributed by atoms with van der Waals surface area (Å²) in [5.74, 6) is 5.98. The van der Waals surface area contributed by atoms with Crippen LogP contribution in [0.3, 0.4) is 0 Å². The molecule has 0 aliphatic rings. The lowest BCUT2D eigenvalue weighted by molar-refractivity contribution is 0.0783. The molecule has 1 N–H and O–H groups in total. The first-order chi connectivity index (χ1) is 11.7. The predicted octanol–water partition coefficient (Wildman–Crippen LogP) is 3.66. The SMILES string of the molecule is CC(C)c1nc(CN(C)C(=O)c2cccc(C#CC(C)(C)O)c2)cs1. The molecule has 4 nitrogen and oxygen atoms in total. The number of aliphatic hydroxyl groups is 1. The molecule has 2 aromatic rings. The molecule has 25 heavy (non-hydrogen) atoms. The number of benzene rings is 1. The second-order valence-corrected chi connectivity index (χ2v) is 7.77. The summed E-state index contributed by atoms with van der Waals surface area (Å²) in [7, 11) is 1.77. The van der Waals surface area contributed by atoms with Crippen molar-refractivity contribution < 1.29 is 9.90 Å². The van der Waals surface area contributed by atoms with Crippen molar-refractivity contribution in [3.05, 3.63) is 51.5 Å². The van der Waals surface area contributed by atoms with E-state index in [2.05, 4.69) is 30.7 Å². The third-order valence-electron chi connectivity index (χ3n) is 3.43. The van der Waals surface area contributed by atoms with Gasteiger partial charge < -0.3 is 10.0 Å². The fourth-order valence-corrected chi connectivity index (χ4v) is 2.98. The van der Waals surface area contributed by atoms with E-state index in [1.165, 1.54) is 0 Å². The number of thiazole rings is 1. The number of nitrogens with zero attached hydrogens (tertiary/aromatic N) is 2. The standard InChI is InChI=1S/C20H24N2O2S/c1-14(2)18-21-17(13-25-18)12-22(5)19(23)16-8-6-7-15(11-16)9-10-20(3,4)24/h6-8,11,13-14,24H,12H2,1-5H3. The Balaban J connectivity index is 2.12. The molecule has 0 aliphatic carbocycles. The molecular weight excluding hydrogens is 332 g/mol. The number of aromatic nitrogens is 1. The summed E-state index contributed by atoms with van der Waals surface area (Å²) in [5.41, 5.74) is 1.12. The average molecular weight is 356 g/mol. The molecule has 0 fully saturated rings. The molecule has 5 heteroatoms. The van der Waals surface area contributed by atoms with Crippen LogP contribution in [-0.4, -0.2) is 33.5 Å². The zero-order chi connectivity index (χ0) is 18.6. The van der Waals surface area contributed by atoms with E-state index in [9.17, 15) is 9.90 Å². The number of carbonyl (C=O) groups is 1. The Hall–Kier alpha value is -2.16. The number of hydrogen-bond donors (Lipinski definition) is 1. The van der Waals surface area contributed by atoms with Crippen LogP contribution in [0.4, 0.5) is 0 Å². The molecule has 0 aliphatic heterocycles. The van der Waals surface area contributed by atoms with Crippen LogP contribution >= 0.6 is 11.3 Å². The van der Waals surface area contributed by atoms with Gasteiger partial charge in [0.05, 0.1) is 17.2 Å². The molecule has 1 heterocycles. The minimum Gasteiger partial charge on any atom is -0.378 e. The van der Waals surface area contributed by atoms with Gasteiger partial charge in [0, 0.05) is 29.5 Å². The van der Waals surface area contributed by atoms with Gasteiger partial charge in [0.15, 0.2) is 0 Å². The van der Waals surface area contributed by atoms with Crippen LogP contribution in [0, 0.1) is 11.8 Å². The maximum atomic E-state index is 12.6. The van der Waals surface area contributed by atoms with E-state index in [0.717, 1.165) is 10.7 Å². The van der Waals surface area contributed by atoms with Crippen molar-refractivity contribution in [2.75, 3.05) is 7.05 Å². The van der Waals surface area contributed by atoms with Gasteiger partial charge in [-0.2, -0.15) is 0 Å². The van der Waals surface area contributed by atoms with E-state index in [1.807, 2.05) is 11.4 Å². The molecule has 132 valence electrons. The van der Waals surface area contributed by atoms with Crippen molar-refractivity contribution in [1.29, 1.82) is 0 Å². The predicted molar refractivity (Wildman–Crippen MR) is 102 cm³/mol. The Bertz CT molecular complexity index is 807. The van der Waals surface area contributed by atoms with Gasteiger partial charge in [-0.15, -0.1) is 11.3 Å². The fourth-order valence-electron chi connectivity index (χ4n) is 2.15. The molecular formula is C20H24N2O2S. The molecule has 0 radical (unpaired) electrons. The van der Waals surface area contributed by atoms with Gasteiger partial charge in [-0.05, 0) is 32.0 Å². The third-order valence-corrected chi connectivity index (χ3v) is 4.63. The summed E-state index contributed by atoms with van der Waals surface area (Å²) in [6.07, 6.45) is 0. The van der Waals surface area contributed by atoms with Gasteiger partial charge in [0.1, 0.15) is 5.60 Å². The lowest BCUT2D eigenvalue weighted by atomic mass is 10.1. The largest absolute Gasteiger partial charge is 0.378 e. The zero-order valence-electron chi connectivity index (χ0n) is 15.3. The van der Waals surface area contributed by atoms with E-state index >= 15 is 0 Å². The van der Waals surface area contributed by atoms with Crippen LogP contribution in [0.5, 0.6) is 0 Å². The molecule has 2 rings (SSSR count). The molecule has 1 aromatic heterocycles. The van der Waals surface area contributed by atoms with Gasteiger partial charge in [-0.3, -0.25) is 4.79 Å². The first-order valence-corrected chi connectivity index (χ1v) is 9.09. The monoisotopic (exact) mass is 356 g/mol. The summed E-state index contributed by atoms with van der Waals surface area (Å²) in [4.78, 5) is 18.9. The molecule has 0 saturated carbocycles. The molecule has 1 aromatic carbocycles. The van der Waals surface area contributed by atoms with Crippen LogP contribution < -0.4 is 0 Å². The molecule has 0 unspecified atom stereocenters. The smallest absolute Gasteiger partial charge is 0.253 e. The van der Waals surface area contributed by atoms with Crippen LogP contribution in [0.25, 0.3) is 0 Å². The van der Waals surface area contributed by atoms with E-state index in [-0.39, 0.29) is 5.91 Å². The minimum absolute atomic E-state index is 0.0778. The van der Waals surface area contributed by atoms with Crippen molar-refractivity contribution in [1.82, 2.24) is 9.88 Å². The maximum absolute atomic E-state index is 12.6. The molecule has 0 atom stereocenters. The fraction of sp³-hybridized carbons (Fsp3) is 0.400. The lowest BCUT2D eigenvalue weighted by Gasteiger charge is -2.16. The van der Waals surface area contributed by atoms with Crippen molar-refractivity contribution in [3.8, 4) is 11.8 Å². The Morgan fingerprint density at radius 3 is 2.72 bits per heavy atom. The number of amides is 1. The maximum Gasteiger partial charge on any atom is 0.253 e. The van der Waals surface area contributed by atoms with E-state index < -0.39 is 5.60 Å². The molecule has 0 bridgehead atoms. The van der Waals surface area contributed by atoms with Gasteiger partial charge in [0.25, 0.3) is 5.91 Å². The first-order valence-electron chi connectivity index (χ1n) is 8.21. The topological polar surface area (TPSA) is 53.4 Å². The highest BCUT2D eigenvalue weighted by molar-refractivity contribution is 7.09. The van der Waals surface area contributed by atoms with Crippen molar-refractivity contribution in [3.63, 3.8) is 0 Å². The molecule has 0 spiro atoms. The van der Waals surface area contributed by atoms with E-state index in [0.29, 0.717) is 23.6 Å². The summed E-state index contributed by atoms with van der Waals surface area (Å²) >= 11 is 1.63. The zero-order valence-corrected chi connectivity index (χ0v) is 16.1. The van der Waals surface area contributed by atoms with E-state index in [1.54, 1.807) is 55.3 Å². The van der Waals surface area contributed by atoms with Crippen LogP contribution in [0.2, 0.25) is 0 Å². The van der Waals surface area contributed by atoms with Gasteiger partial charge >= 0.3 is 0 Å². The lowest BCUT2D eigenvalue weighted by Crippen LogP contribution is -2.26. The van der Waals surface area contributed by atoms with E-state index in [4.69, 9.17) is 0 Å². The second-order valence-electron chi connectivity index (χ2n) is 6.88. The van der Waals surface area contributed by atoms with Crippen LogP contribution in [0.15, 0.2) is 29.6 Å². The van der Waals surface area contributed by atoms with Crippen LogP contribution in [-0.2, 0) is 6.54 Å².